The van der Waals surface area contributed by atoms with E-state index < -0.39 is 16.0 Å². The van der Waals surface area contributed by atoms with Crippen LogP contribution in [0.1, 0.15) is 42.6 Å². The number of rotatable bonds is 4. The highest BCUT2D eigenvalue weighted by atomic mass is 32.2. The summed E-state index contributed by atoms with van der Waals surface area (Å²) in [6.45, 7) is 5.69. The average Bonchev–Trinajstić information content (AvgIpc) is 2.70. The second-order valence-corrected chi connectivity index (χ2v) is 7.56. The molecular formula is C15H21NO4S. The van der Waals surface area contributed by atoms with E-state index in [0.717, 1.165) is 12.8 Å². The molecule has 1 aromatic carbocycles. The van der Waals surface area contributed by atoms with E-state index in [1.54, 1.807) is 0 Å². The van der Waals surface area contributed by atoms with Gasteiger partial charge in [-0.15, -0.1) is 0 Å². The molecule has 0 aliphatic heterocycles. The van der Waals surface area contributed by atoms with E-state index in [2.05, 4.69) is 11.6 Å². The molecule has 0 saturated heterocycles. The maximum absolute atomic E-state index is 12.5. The van der Waals surface area contributed by atoms with Crippen molar-refractivity contribution in [1.29, 1.82) is 0 Å². The minimum absolute atomic E-state index is 0.0192. The van der Waals surface area contributed by atoms with Crippen LogP contribution in [-0.4, -0.2) is 25.5 Å². The third-order valence-corrected chi connectivity index (χ3v) is 6.21. The summed E-state index contributed by atoms with van der Waals surface area (Å²) in [6.07, 6.45) is 1.82. The molecule has 0 spiro atoms. The predicted octanol–water partition coefficient (Wildman–Crippen LogP) is 2.41. The zero-order valence-corrected chi connectivity index (χ0v) is 13.3. The van der Waals surface area contributed by atoms with Crippen molar-refractivity contribution in [2.45, 2.75) is 44.6 Å². The number of carbonyl (C=O) groups is 1. The number of hydrogen-bond acceptors (Lipinski definition) is 3. The average molecular weight is 311 g/mol. The molecular weight excluding hydrogens is 290 g/mol. The molecule has 2 rings (SSSR count). The Morgan fingerprint density at radius 1 is 1.29 bits per heavy atom. The van der Waals surface area contributed by atoms with E-state index in [4.69, 9.17) is 5.11 Å². The van der Waals surface area contributed by atoms with E-state index >= 15 is 0 Å². The van der Waals surface area contributed by atoms with Crippen molar-refractivity contribution < 1.29 is 18.3 Å². The zero-order chi connectivity index (χ0) is 15.8. The van der Waals surface area contributed by atoms with Crippen LogP contribution in [0.2, 0.25) is 0 Å². The van der Waals surface area contributed by atoms with Crippen LogP contribution in [0.25, 0.3) is 0 Å². The zero-order valence-electron chi connectivity index (χ0n) is 12.5. The molecule has 2 N–H and O–H groups in total. The van der Waals surface area contributed by atoms with Crippen molar-refractivity contribution in [3.05, 3.63) is 29.3 Å². The number of carboxylic acids is 1. The van der Waals surface area contributed by atoms with Crippen molar-refractivity contribution in [2.75, 3.05) is 0 Å². The van der Waals surface area contributed by atoms with Crippen LogP contribution in [0.3, 0.4) is 0 Å². The topological polar surface area (TPSA) is 83.5 Å². The van der Waals surface area contributed by atoms with Crippen LogP contribution >= 0.6 is 0 Å². The molecule has 0 amide bonds. The van der Waals surface area contributed by atoms with Gasteiger partial charge in [0.1, 0.15) is 0 Å². The molecule has 3 atom stereocenters. The smallest absolute Gasteiger partial charge is 0.335 e. The van der Waals surface area contributed by atoms with Crippen LogP contribution < -0.4 is 4.72 Å². The van der Waals surface area contributed by atoms with Gasteiger partial charge in [0.05, 0.1) is 10.5 Å². The van der Waals surface area contributed by atoms with Crippen molar-refractivity contribution in [3.8, 4) is 0 Å². The first-order valence-corrected chi connectivity index (χ1v) is 8.57. The van der Waals surface area contributed by atoms with Gasteiger partial charge in [0, 0.05) is 6.04 Å². The number of carboxylic acid groups (broad SMARTS) is 1. The molecule has 0 aromatic heterocycles. The lowest BCUT2D eigenvalue weighted by atomic mass is 9.98. The fraction of sp³-hybridized carbons (Fsp3) is 0.533. The highest BCUT2D eigenvalue weighted by molar-refractivity contribution is 7.89. The van der Waals surface area contributed by atoms with Crippen LogP contribution in [0.4, 0.5) is 0 Å². The molecule has 1 aliphatic rings. The van der Waals surface area contributed by atoms with Crippen molar-refractivity contribution >= 4 is 16.0 Å². The minimum atomic E-state index is -3.70. The summed E-state index contributed by atoms with van der Waals surface area (Å²) in [5, 5.41) is 9.10. The Balaban J connectivity index is 2.33. The molecule has 1 fully saturated rings. The maximum Gasteiger partial charge on any atom is 0.335 e. The predicted molar refractivity (Wildman–Crippen MR) is 79.8 cm³/mol. The Hall–Kier alpha value is -1.40. The Labute approximate surface area is 125 Å². The van der Waals surface area contributed by atoms with E-state index in [-0.39, 0.29) is 28.0 Å². The molecule has 0 radical (unpaired) electrons. The summed E-state index contributed by atoms with van der Waals surface area (Å²) in [6, 6.07) is 4.24. The van der Waals surface area contributed by atoms with E-state index in [0.29, 0.717) is 5.92 Å². The summed E-state index contributed by atoms with van der Waals surface area (Å²) in [4.78, 5) is 11.2. The van der Waals surface area contributed by atoms with Gasteiger partial charge in [-0.1, -0.05) is 19.9 Å². The fourth-order valence-electron chi connectivity index (χ4n) is 2.93. The highest BCUT2D eigenvalue weighted by Gasteiger charge is 2.33. The molecule has 5 nitrogen and oxygen atoms in total. The van der Waals surface area contributed by atoms with Gasteiger partial charge in [-0.25, -0.2) is 17.9 Å². The lowest BCUT2D eigenvalue weighted by molar-refractivity contribution is 0.0696. The largest absolute Gasteiger partial charge is 0.478 e. The van der Waals surface area contributed by atoms with Crippen molar-refractivity contribution in [3.63, 3.8) is 0 Å². The van der Waals surface area contributed by atoms with E-state index in [1.807, 2.05) is 6.92 Å². The lowest BCUT2D eigenvalue weighted by Gasteiger charge is -2.20. The number of nitrogens with one attached hydrogen (secondary N) is 1. The van der Waals surface area contributed by atoms with Gasteiger partial charge >= 0.3 is 5.97 Å². The number of hydrogen-bond donors (Lipinski definition) is 2. The van der Waals surface area contributed by atoms with Gasteiger partial charge in [-0.05, 0) is 49.3 Å². The van der Waals surface area contributed by atoms with Crippen LogP contribution in [0, 0.1) is 18.8 Å². The normalized spacial score (nSPS) is 26.0. The second kappa shape index (κ2) is 5.77. The third-order valence-electron chi connectivity index (χ3n) is 4.58. The Morgan fingerprint density at radius 2 is 1.95 bits per heavy atom. The number of benzene rings is 1. The first kappa shape index (κ1) is 16.0. The molecule has 1 saturated carbocycles. The monoisotopic (exact) mass is 311 g/mol. The molecule has 116 valence electrons. The lowest BCUT2D eigenvalue weighted by Crippen LogP contribution is -2.37. The van der Waals surface area contributed by atoms with Gasteiger partial charge in [-0.2, -0.15) is 0 Å². The van der Waals surface area contributed by atoms with Crippen LogP contribution in [0.5, 0.6) is 0 Å². The minimum Gasteiger partial charge on any atom is -0.478 e. The molecule has 21 heavy (non-hydrogen) atoms. The fourth-order valence-corrected chi connectivity index (χ4v) is 4.56. The SMILES string of the molecule is Cc1c(C(=O)O)cccc1S(=O)(=O)NC1CCC(C)C1C. The maximum atomic E-state index is 12.5. The molecule has 3 unspecified atom stereocenters. The Morgan fingerprint density at radius 3 is 2.48 bits per heavy atom. The van der Waals surface area contributed by atoms with Crippen LogP contribution in [-0.2, 0) is 10.0 Å². The van der Waals surface area contributed by atoms with Gasteiger partial charge in [0.15, 0.2) is 0 Å². The van der Waals surface area contributed by atoms with Crippen molar-refractivity contribution in [1.82, 2.24) is 4.72 Å². The molecule has 6 heteroatoms. The molecule has 1 aliphatic carbocycles. The van der Waals surface area contributed by atoms with Gasteiger partial charge in [0.25, 0.3) is 0 Å². The molecule has 0 bridgehead atoms. The number of sulfonamides is 1. The Bertz CT molecular complexity index is 654. The summed E-state index contributed by atoms with van der Waals surface area (Å²) in [5.41, 5.74) is 0.293. The quantitative estimate of drug-likeness (QED) is 0.894. The summed E-state index contributed by atoms with van der Waals surface area (Å²) in [7, 11) is -3.70. The Kier molecular flexibility index (Phi) is 4.39. The summed E-state index contributed by atoms with van der Waals surface area (Å²) < 4.78 is 27.8. The molecule has 0 heterocycles. The van der Waals surface area contributed by atoms with E-state index in [9.17, 15) is 13.2 Å². The first-order valence-electron chi connectivity index (χ1n) is 7.09. The van der Waals surface area contributed by atoms with Crippen molar-refractivity contribution in [2.24, 2.45) is 11.8 Å². The standard InChI is InChI=1S/C15H21NO4S/c1-9-7-8-13(10(9)2)16-21(19,20)14-6-4-5-12(11(14)3)15(17)18/h4-6,9-10,13,16H,7-8H2,1-3H3,(H,17,18). The third kappa shape index (κ3) is 3.11. The second-order valence-electron chi connectivity index (χ2n) is 5.88. The highest BCUT2D eigenvalue weighted by Crippen LogP contribution is 2.32. The van der Waals surface area contributed by atoms with Gasteiger partial charge < -0.3 is 5.11 Å². The van der Waals surface area contributed by atoms with Crippen LogP contribution in [0.15, 0.2) is 23.1 Å². The van der Waals surface area contributed by atoms with Gasteiger partial charge in [0.2, 0.25) is 10.0 Å². The first-order chi connectivity index (χ1) is 9.74. The number of aromatic carboxylic acids is 1. The van der Waals surface area contributed by atoms with E-state index in [1.165, 1.54) is 25.1 Å². The summed E-state index contributed by atoms with van der Waals surface area (Å²) in [5.74, 6) is -0.348. The van der Waals surface area contributed by atoms with Gasteiger partial charge in [-0.3, -0.25) is 0 Å². The summed E-state index contributed by atoms with van der Waals surface area (Å²) >= 11 is 0. The molecule has 1 aromatic rings.